The standard InChI is InChI=1S/C20H18N2O/c1-3-7-18(8-4-1)16-23-20-13-11-17(12-14-20)15-21-22-19-9-5-2-6-10-19/h1-15,22H,16H2/b21-15-. The van der Waals surface area contributed by atoms with E-state index in [1.807, 2.05) is 72.8 Å². The Bertz CT molecular complexity index is 738. The molecule has 0 unspecified atom stereocenters. The van der Waals surface area contributed by atoms with Gasteiger partial charge in [-0.25, -0.2) is 0 Å². The Hall–Kier alpha value is -3.07. The van der Waals surface area contributed by atoms with Crippen LogP contribution in [0.25, 0.3) is 0 Å². The van der Waals surface area contributed by atoms with Crippen molar-refractivity contribution in [3.05, 3.63) is 96.1 Å². The van der Waals surface area contributed by atoms with Crippen LogP contribution in [0.4, 0.5) is 5.69 Å². The first-order chi connectivity index (χ1) is 11.4. The van der Waals surface area contributed by atoms with Crippen LogP contribution < -0.4 is 10.2 Å². The van der Waals surface area contributed by atoms with Crippen molar-refractivity contribution < 1.29 is 4.74 Å². The summed E-state index contributed by atoms with van der Waals surface area (Å²) in [5, 5.41) is 4.22. The lowest BCUT2D eigenvalue weighted by atomic mass is 10.2. The molecule has 114 valence electrons. The van der Waals surface area contributed by atoms with E-state index in [0.29, 0.717) is 6.61 Å². The van der Waals surface area contributed by atoms with Crippen molar-refractivity contribution in [2.45, 2.75) is 6.61 Å². The fraction of sp³-hybridized carbons (Fsp3) is 0.0500. The molecular formula is C20H18N2O. The van der Waals surface area contributed by atoms with Crippen molar-refractivity contribution in [1.29, 1.82) is 0 Å². The quantitative estimate of drug-likeness (QED) is 0.528. The van der Waals surface area contributed by atoms with Gasteiger partial charge in [0.1, 0.15) is 12.4 Å². The molecule has 0 aliphatic heterocycles. The molecule has 3 aromatic rings. The Morgan fingerprint density at radius 3 is 2.13 bits per heavy atom. The van der Waals surface area contributed by atoms with Gasteiger partial charge in [-0.15, -0.1) is 0 Å². The largest absolute Gasteiger partial charge is 0.489 e. The van der Waals surface area contributed by atoms with Crippen molar-refractivity contribution >= 4 is 11.9 Å². The minimum Gasteiger partial charge on any atom is -0.489 e. The summed E-state index contributed by atoms with van der Waals surface area (Å²) in [7, 11) is 0. The maximum atomic E-state index is 5.76. The van der Waals surface area contributed by atoms with Crippen molar-refractivity contribution in [3.8, 4) is 5.75 Å². The van der Waals surface area contributed by atoms with Gasteiger partial charge in [-0.2, -0.15) is 5.10 Å². The highest BCUT2D eigenvalue weighted by Crippen LogP contribution is 2.13. The summed E-state index contributed by atoms with van der Waals surface area (Å²) in [5.41, 5.74) is 6.13. The Balaban J connectivity index is 1.52. The maximum absolute atomic E-state index is 5.76. The molecule has 0 heterocycles. The van der Waals surface area contributed by atoms with Gasteiger partial charge in [0.25, 0.3) is 0 Å². The molecule has 23 heavy (non-hydrogen) atoms. The number of hydrogen-bond acceptors (Lipinski definition) is 3. The average Bonchev–Trinajstić information content (AvgIpc) is 2.63. The van der Waals surface area contributed by atoms with Crippen LogP contribution in [-0.2, 0) is 6.61 Å². The zero-order valence-corrected chi connectivity index (χ0v) is 12.7. The van der Waals surface area contributed by atoms with Crippen LogP contribution in [0.2, 0.25) is 0 Å². The van der Waals surface area contributed by atoms with E-state index in [4.69, 9.17) is 4.74 Å². The predicted molar refractivity (Wildman–Crippen MR) is 94.9 cm³/mol. The van der Waals surface area contributed by atoms with E-state index in [2.05, 4.69) is 22.7 Å². The van der Waals surface area contributed by atoms with Gasteiger partial charge >= 0.3 is 0 Å². The van der Waals surface area contributed by atoms with E-state index in [-0.39, 0.29) is 0 Å². The number of ether oxygens (including phenoxy) is 1. The molecule has 0 aromatic heterocycles. The highest BCUT2D eigenvalue weighted by Gasteiger charge is 1.96. The third-order valence-electron chi connectivity index (χ3n) is 3.31. The lowest BCUT2D eigenvalue weighted by Gasteiger charge is -2.06. The van der Waals surface area contributed by atoms with Crippen LogP contribution in [0.15, 0.2) is 90.0 Å². The molecule has 3 aromatic carbocycles. The molecular weight excluding hydrogens is 284 g/mol. The van der Waals surface area contributed by atoms with E-state index in [9.17, 15) is 0 Å². The minimum absolute atomic E-state index is 0.573. The fourth-order valence-corrected chi connectivity index (χ4v) is 2.09. The Morgan fingerprint density at radius 2 is 1.43 bits per heavy atom. The number of nitrogens with one attached hydrogen (secondary N) is 1. The van der Waals surface area contributed by atoms with Crippen LogP contribution >= 0.6 is 0 Å². The van der Waals surface area contributed by atoms with Crippen LogP contribution in [0.1, 0.15) is 11.1 Å². The Kier molecular flexibility index (Phi) is 5.04. The van der Waals surface area contributed by atoms with Gasteiger partial charge < -0.3 is 4.74 Å². The van der Waals surface area contributed by atoms with Gasteiger partial charge in [0.15, 0.2) is 0 Å². The number of benzene rings is 3. The summed E-state index contributed by atoms with van der Waals surface area (Å²) >= 11 is 0. The molecule has 0 saturated heterocycles. The van der Waals surface area contributed by atoms with Crippen molar-refractivity contribution in [2.24, 2.45) is 5.10 Å². The minimum atomic E-state index is 0.573. The van der Waals surface area contributed by atoms with Crippen molar-refractivity contribution in [1.82, 2.24) is 0 Å². The average molecular weight is 302 g/mol. The zero-order chi connectivity index (χ0) is 15.7. The summed E-state index contributed by atoms with van der Waals surface area (Å²) in [6.07, 6.45) is 1.79. The Morgan fingerprint density at radius 1 is 0.783 bits per heavy atom. The van der Waals surface area contributed by atoms with Crippen LogP contribution in [-0.4, -0.2) is 6.21 Å². The molecule has 0 bridgehead atoms. The normalized spacial score (nSPS) is 10.6. The molecule has 0 amide bonds. The van der Waals surface area contributed by atoms with Crippen LogP contribution in [0.3, 0.4) is 0 Å². The second-order valence-electron chi connectivity index (χ2n) is 5.08. The third kappa shape index (κ3) is 4.71. The molecule has 0 saturated carbocycles. The predicted octanol–water partition coefficient (Wildman–Crippen LogP) is 4.71. The lowest BCUT2D eigenvalue weighted by Crippen LogP contribution is -1.95. The second-order valence-corrected chi connectivity index (χ2v) is 5.08. The molecule has 0 radical (unpaired) electrons. The highest BCUT2D eigenvalue weighted by molar-refractivity contribution is 5.80. The Labute approximate surface area is 136 Å². The molecule has 0 fully saturated rings. The summed E-state index contributed by atoms with van der Waals surface area (Å²) < 4.78 is 5.76. The number of para-hydroxylation sites is 1. The number of hydrazone groups is 1. The van der Waals surface area contributed by atoms with Gasteiger partial charge in [0.05, 0.1) is 11.9 Å². The molecule has 0 spiro atoms. The van der Waals surface area contributed by atoms with Gasteiger partial charge in [-0.1, -0.05) is 48.5 Å². The second kappa shape index (κ2) is 7.80. The first-order valence-electron chi connectivity index (χ1n) is 7.51. The lowest BCUT2D eigenvalue weighted by molar-refractivity contribution is 0.306. The molecule has 3 rings (SSSR count). The van der Waals surface area contributed by atoms with Gasteiger partial charge in [-0.05, 0) is 47.5 Å². The molecule has 0 aliphatic rings. The maximum Gasteiger partial charge on any atom is 0.119 e. The van der Waals surface area contributed by atoms with E-state index in [0.717, 1.165) is 22.6 Å². The SMILES string of the molecule is C(=N/Nc1ccccc1)/c1ccc(OCc2ccccc2)cc1. The summed E-state index contributed by atoms with van der Waals surface area (Å²) in [6, 6.07) is 27.8. The van der Waals surface area contributed by atoms with Crippen molar-refractivity contribution in [2.75, 3.05) is 5.43 Å². The van der Waals surface area contributed by atoms with Crippen molar-refractivity contribution in [3.63, 3.8) is 0 Å². The van der Waals surface area contributed by atoms with E-state index >= 15 is 0 Å². The van der Waals surface area contributed by atoms with E-state index < -0.39 is 0 Å². The molecule has 3 nitrogen and oxygen atoms in total. The number of hydrogen-bond donors (Lipinski definition) is 1. The summed E-state index contributed by atoms with van der Waals surface area (Å²) in [4.78, 5) is 0. The van der Waals surface area contributed by atoms with E-state index in [1.165, 1.54) is 0 Å². The topological polar surface area (TPSA) is 33.6 Å². The van der Waals surface area contributed by atoms with Gasteiger partial charge in [-0.3, -0.25) is 5.43 Å². The smallest absolute Gasteiger partial charge is 0.119 e. The molecule has 3 heteroatoms. The first kappa shape index (κ1) is 14.9. The molecule has 1 N–H and O–H groups in total. The number of nitrogens with zero attached hydrogens (tertiary/aromatic N) is 1. The van der Waals surface area contributed by atoms with E-state index in [1.54, 1.807) is 6.21 Å². The van der Waals surface area contributed by atoms with Crippen LogP contribution in [0, 0.1) is 0 Å². The monoisotopic (exact) mass is 302 g/mol. The number of anilines is 1. The fourth-order valence-electron chi connectivity index (χ4n) is 2.09. The summed E-state index contributed by atoms with van der Waals surface area (Å²) in [6.45, 7) is 0.573. The van der Waals surface area contributed by atoms with Gasteiger partial charge in [0.2, 0.25) is 0 Å². The number of rotatable bonds is 6. The first-order valence-corrected chi connectivity index (χ1v) is 7.51. The molecule has 0 aliphatic carbocycles. The zero-order valence-electron chi connectivity index (χ0n) is 12.7. The highest BCUT2D eigenvalue weighted by atomic mass is 16.5. The summed E-state index contributed by atoms with van der Waals surface area (Å²) in [5.74, 6) is 0.849. The van der Waals surface area contributed by atoms with Gasteiger partial charge in [0, 0.05) is 0 Å². The molecule has 0 atom stereocenters. The third-order valence-corrected chi connectivity index (χ3v) is 3.31. The van der Waals surface area contributed by atoms with Crippen LogP contribution in [0.5, 0.6) is 5.75 Å².